The molecule has 1 aromatic carbocycles. The van der Waals surface area contributed by atoms with Gasteiger partial charge in [0.25, 0.3) is 11.6 Å². The highest BCUT2D eigenvalue weighted by Crippen LogP contribution is 2.23. The van der Waals surface area contributed by atoms with E-state index in [-0.39, 0.29) is 17.0 Å². The zero-order chi connectivity index (χ0) is 16.2. The van der Waals surface area contributed by atoms with Gasteiger partial charge in [-0.15, -0.1) is 0 Å². The fourth-order valence-corrected chi connectivity index (χ4v) is 2.34. The first-order valence-electron chi connectivity index (χ1n) is 6.47. The molecule has 116 valence electrons. The summed E-state index contributed by atoms with van der Waals surface area (Å²) < 4.78 is 13.4. The van der Waals surface area contributed by atoms with Crippen molar-refractivity contribution >= 4 is 27.5 Å². The number of alkyl halides is 1. The van der Waals surface area contributed by atoms with E-state index in [4.69, 9.17) is 0 Å². The molecule has 1 unspecified atom stereocenters. The van der Waals surface area contributed by atoms with E-state index in [0.29, 0.717) is 11.8 Å². The first-order valence-corrected chi connectivity index (χ1v) is 7.59. The molecule has 0 aliphatic rings. The molecular formula is C14H18BrFN2O3. The van der Waals surface area contributed by atoms with E-state index in [9.17, 15) is 19.3 Å². The van der Waals surface area contributed by atoms with Gasteiger partial charge >= 0.3 is 0 Å². The Bertz CT molecular complexity index is 544. The summed E-state index contributed by atoms with van der Waals surface area (Å²) in [5.41, 5.74) is -0.665. The fraction of sp³-hybridized carbons (Fsp3) is 0.500. The number of amides is 1. The average molecular weight is 361 g/mol. The van der Waals surface area contributed by atoms with Crippen LogP contribution >= 0.6 is 15.9 Å². The molecule has 7 heteroatoms. The van der Waals surface area contributed by atoms with Gasteiger partial charge in [-0.05, 0) is 17.9 Å². The van der Waals surface area contributed by atoms with Crippen molar-refractivity contribution in [1.82, 2.24) is 5.32 Å². The summed E-state index contributed by atoms with van der Waals surface area (Å²) in [6.45, 7) is 5.94. The minimum absolute atomic E-state index is 0.0504. The molecule has 0 fully saturated rings. The SMILES string of the molecule is CC(C)(C)C(CCBr)NC(=O)c1cc(F)cc([N+](=O)[O-])c1. The Morgan fingerprint density at radius 2 is 2.05 bits per heavy atom. The van der Waals surface area contributed by atoms with E-state index in [2.05, 4.69) is 21.2 Å². The Hall–Kier alpha value is -1.50. The quantitative estimate of drug-likeness (QED) is 0.494. The largest absolute Gasteiger partial charge is 0.349 e. The molecule has 0 saturated heterocycles. The number of non-ortho nitro benzene ring substituents is 1. The van der Waals surface area contributed by atoms with Gasteiger partial charge in [-0.1, -0.05) is 36.7 Å². The lowest BCUT2D eigenvalue weighted by Crippen LogP contribution is -2.44. The normalized spacial score (nSPS) is 12.8. The standard InChI is InChI=1S/C14H18BrFN2O3/c1-14(2,3)12(4-5-15)17-13(19)9-6-10(16)8-11(7-9)18(20)21/h6-8,12H,4-5H2,1-3H3,(H,17,19). The molecule has 0 saturated carbocycles. The molecular weight excluding hydrogens is 343 g/mol. The van der Waals surface area contributed by atoms with Gasteiger partial charge < -0.3 is 5.32 Å². The molecule has 21 heavy (non-hydrogen) atoms. The number of halogens is 2. The van der Waals surface area contributed by atoms with Crippen LogP contribution in [-0.2, 0) is 0 Å². The van der Waals surface area contributed by atoms with Gasteiger partial charge in [-0.2, -0.15) is 0 Å². The van der Waals surface area contributed by atoms with Crippen molar-refractivity contribution in [2.75, 3.05) is 5.33 Å². The van der Waals surface area contributed by atoms with Gasteiger partial charge in [0.15, 0.2) is 0 Å². The van der Waals surface area contributed by atoms with Gasteiger partial charge in [0, 0.05) is 23.0 Å². The Balaban J connectivity index is 3.00. The smallest absolute Gasteiger partial charge is 0.273 e. The zero-order valence-corrected chi connectivity index (χ0v) is 13.7. The number of hydrogen-bond donors (Lipinski definition) is 1. The van der Waals surface area contributed by atoms with Crippen LogP contribution < -0.4 is 5.32 Å². The van der Waals surface area contributed by atoms with Gasteiger partial charge in [-0.25, -0.2) is 4.39 Å². The summed E-state index contributed by atoms with van der Waals surface area (Å²) in [7, 11) is 0. The number of benzene rings is 1. The second-order valence-corrected chi connectivity index (χ2v) is 6.62. The van der Waals surface area contributed by atoms with Crippen LogP contribution in [0.1, 0.15) is 37.6 Å². The van der Waals surface area contributed by atoms with Crippen molar-refractivity contribution in [2.24, 2.45) is 5.41 Å². The molecule has 0 aliphatic heterocycles. The molecule has 1 amide bonds. The van der Waals surface area contributed by atoms with E-state index >= 15 is 0 Å². The lowest BCUT2D eigenvalue weighted by Gasteiger charge is -2.31. The molecule has 1 aromatic rings. The average Bonchev–Trinajstić information content (AvgIpc) is 2.36. The number of rotatable bonds is 5. The van der Waals surface area contributed by atoms with Gasteiger partial charge in [0.1, 0.15) is 5.82 Å². The van der Waals surface area contributed by atoms with E-state index in [1.807, 2.05) is 20.8 Å². The van der Waals surface area contributed by atoms with E-state index < -0.39 is 22.3 Å². The van der Waals surface area contributed by atoms with E-state index in [0.717, 1.165) is 18.2 Å². The van der Waals surface area contributed by atoms with Crippen LogP contribution in [0.15, 0.2) is 18.2 Å². The molecule has 0 aromatic heterocycles. The van der Waals surface area contributed by atoms with Crippen LogP contribution in [0, 0.1) is 21.3 Å². The predicted molar refractivity (Wildman–Crippen MR) is 82.2 cm³/mol. The zero-order valence-electron chi connectivity index (χ0n) is 12.2. The molecule has 5 nitrogen and oxygen atoms in total. The molecule has 0 bridgehead atoms. The summed E-state index contributed by atoms with van der Waals surface area (Å²) in [6.07, 6.45) is 0.701. The number of nitro groups is 1. The predicted octanol–water partition coefficient (Wildman–Crippen LogP) is 3.66. The second-order valence-electron chi connectivity index (χ2n) is 5.82. The maximum atomic E-state index is 13.4. The molecule has 1 N–H and O–H groups in total. The molecule has 0 heterocycles. The number of nitro benzene ring substituents is 1. The monoisotopic (exact) mass is 360 g/mol. The van der Waals surface area contributed by atoms with Crippen molar-refractivity contribution in [1.29, 1.82) is 0 Å². The number of carbonyl (C=O) groups is 1. The lowest BCUT2D eigenvalue weighted by atomic mass is 9.85. The summed E-state index contributed by atoms with van der Waals surface area (Å²) >= 11 is 3.33. The van der Waals surface area contributed by atoms with E-state index in [1.54, 1.807) is 0 Å². The van der Waals surface area contributed by atoms with Crippen LogP contribution in [-0.4, -0.2) is 22.2 Å². The molecule has 1 rings (SSSR count). The Kier molecular flexibility index (Phi) is 5.83. The summed E-state index contributed by atoms with van der Waals surface area (Å²) in [5.74, 6) is -1.32. The Labute approximate surface area is 131 Å². The molecule has 0 aliphatic carbocycles. The third-order valence-corrected chi connectivity index (χ3v) is 3.56. The third kappa shape index (κ3) is 5.08. The number of nitrogens with zero attached hydrogens (tertiary/aromatic N) is 1. The van der Waals surface area contributed by atoms with Gasteiger partial charge in [-0.3, -0.25) is 14.9 Å². The maximum Gasteiger partial charge on any atom is 0.273 e. The fourth-order valence-electron chi connectivity index (χ4n) is 1.88. The number of hydrogen-bond acceptors (Lipinski definition) is 3. The Morgan fingerprint density at radius 3 is 2.52 bits per heavy atom. The number of carbonyl (C=O) groups excluding carboxylic acids is 1. The third-order valence-electron chi connectivity index (χ3n) is 3.10. The van der Waals surface area contributed by atoms with Crippen LogP contribution in [0.5, 0.6) is 0 Å². The highest BCUT2D eigenvalue weighted by atomic mass is 79.9. The highest BCUT2D eigenvalue weighted by molar-refractivity contribution is 9.09. The highest BCUT2D eigenvalue weighted by Gasteiger charge is 2.26. The van der Waals surface area contributed by atoms with Crippen LogP contribution in [0.25, 0.3) is 0 Å². The second kappa shape index (κ2) is 6.98. The maximum absolute atomic E-state index is 13.4. The summed E-state index contributed by atoms with van der Waals surface area (Å²) in [5, 5.41) is 14.2. The molecule has 0 spiro atoms. The van der Waals surface area contributed by atoms with Crippen LogP contribution in [0.4, 0.5) is 10.1 Å². The van der Waals surface area contributed by atoms with Crippen molar-refractivity contribution in [3.05, 3.63) is 39.7 Å². The molecule has 1 atom stereocenters. The van der Waals surface area contributed by atoms with Crippen molar-refractivity contribution < 1.29 is 14.1 Å². The van der Waals surface area contributed by atoms with Crippen LogP contribution in [0.3, 0.4) is 0 Å². The minimum atomic E-state index is -0.804. The lowest BCUT2D eigenvalue weighted by molar-refractivity contribution is -0.385. The first-order chi connectivity index (χ1) is 9.65. The first kappa shape index (κ1) is 17.6. The topological polar surface area (TPSA) is 72.2 Å². The minimum Gasteiger partial charge on any atom is -0.349 e. The Morgan fingerprint density at radius 1 is 1.43 bits per heavy atom. The van der Waals surface area contributed by atoms with Gasteiger partial charge in [0.2, 0.25) is 0 Å². The summed E-state index contributed by atoms with van der Waals surface area (Å²) in [6, 6.07) is 2.73. The van der Waals surface area contributed by atoms with Crippen molar-refractivity contribution in [2.45, 2.75) is 33.2 Å². The van der Waals surface area contributed by atoms with Crippen molar-refractivity contribution in [3.63, 3.8) is 0 Å². The van der Waals surface area contributed by atoms with Gasteiger partial charge in [0.05, 0.1) is 11.0 Å². The number of nitrogens with one attached hydrogen (secondary N) is 1. The van der Waals surface area contributed by atoms with E-state index in [1.165, 1.54) is 0 Å². The van der Waals surface area contributed by atoms with Crippen LogP contribution in [0.2, 0.25) is 0 Å². The molecule has 0 radical (unpaired) electrons. The van der Waals surface area contributed by atoms with Crippen molar-refractivity contribution in [3.8, 4) is 0 Å². The summed E-state index contributed by atoms with van der Waals surface area (Å²) in [4.78, 5) is 22.2.